The summed E-state index contributed by atoms with van der Waals surface area (Å²) in [5.74, 6) is 0. The number of hydrogen-bond acceptors (Lipinski definition) is 2. The van der Waals surface area contributed by atoms with Gasteiger partial charge in [-0.3, -0.25) is 0 Å². The van der Waals surface area contributed by atoms with Crippen molar-refractivity contribution in [2.24, 2.45) is 0 Å². The van der Waals surface area contributed by atoms with Crippen LogP contribution in [0.2, 0.25) is 0 Å². The van der Waals surface area contributed by atoms with E-state index in [9.17, 15) is 25.2 Å². The van der Waals surface area contributed by atoms with Crippen LogP contribution in [0.4, 0.5) is 36.6 Å². The van der Waals surface area contributed by atoms with Crippen molar-refractivity contribution in [1.82, 2.24) is 0 Å². The number of benzene rings is 2. The second-order valence-electron chi connectivity index (χ2n) is 4.72. The molecule has 0 unspecified atom stereocenters. The van der Waals surface area contributed by atoms with Crippen molar-refractivity contribution in [2.45, 2.75) is 0 Å². The Balaban J connectivity index is 2.20. The molecule has 0 radical (unpaired) electrons. The summed E-state index contributed by atoms with van der Waals surface area (Å²) in [5, 5.41) is 0. The fourth-order valence-electron chi connectivity index (χ4n) is 2.43. The van der Waals surface area contributed by atoms with Gasteiger partial charge in [-0.05, 0) is 0 Å². The molecule has 0 aliphatic carbocycles. The van der Waals surface area contributed by atoms with E-state index in [1.54, 1.807) is 0 Å². The first-order chi connectivity index (χ1) is 10.0. The van der Waals surface area contributed by atoms with Gasteiger partial charge in [-0.15, -0.1) is 0 Å². The van der Waals surface area contributed by atoms with Gasteiger partial charge in [0.15, 0.2) is 0 Å². The predicted molar refractivity (Wildman–Crippen MR) is 78.3 cm³/mol. The van der Waals surface area contributed by atoms with Gasteiger partial charge in [0.1, 0.15) is 0 Å². The molecule has 0 spiro atoms. The van der Waals surface area contributed by atoms with Crippen molar-refractivity contribution in [2.75, 3.05) is 8.88 Å². The Morgan fingerprint density at radius 3 is 1.05 bits per heavy atom. The number of rotatable bonds is 2. The molecule has 0 N–H and O–H groups in total. The van der Waals surface area contributed by atoms with Crippen LogP contribution >= 0.6 is 15.7 Å². The Morgan fingerprint density at radius 1 is 0.500 bits per heavy atom. The fraction of sp³-hybridized carbons (Fsp3) is 0. The molecule has 2 aromatic carbocycles. The van der Waals surface area contributed by atoms with E-state index >= 15 is 0 Å². The first kappa shape index (κ1) is 15.4. The molecule has 3 rings (SSSR count). The van der Waals surface area contributed by atoms with Crippen molar-refractivity contribution < 1.29 is 25.2 Å². The van der Waals surface area contributed by atoms with Crippen LogP contribution in [0.15, 0.2) is 60.7 Å². The van der Waals surface area contributed by atoms with Gasteiger partial charge in [0, 0.05) is 0 Å². The quantitative estimate of drug-likeness (QED) is 0.418. The second-order valence-corrected chi connectivity index (χ2v) is 9.89. The standard InChI is InChI=1S/C12H10F6N2P2/c13-21(14,15)19(11-7-3-1-4-8-11)22(16,17,18)20(21)12-9-5-2-6-10-12/h1-10H. The zero-order valence-electron chi connectivity index (χ0n) is 10.8. The van der Waals surface area contributed by atoms with E-state index < -0.39 is 35.9 Å². The number of para-hydroxylation sites is 2. The molecule has 120 valence electrons. The van der Waals surface area contributed by atoms with Crippen LogP contribution in [0, 0.1) is 0 Å². The third kappa shape index (κ3) is 1.90. The third-order valence-electron chi connectivity index (χ3n) is 3.17. The van der Waals surface area contributed by atoms with E-state index in [1.165, 1.54) is 12.1 Å². The number of hydrogen-bond donors (Lipinski definition) is 0. The minimum absolute atomic E-state index is 0.822. The van der Waals surface area contributed by atoms with Crippen molar-refractivity contribution in [3.63, 3.8) is 0 Å². The number of nitrogens with zero attached hydrogens (tertiary/aromatic N) is 2. The fourth-order valence-corrected chi connectivity index (χ4v) is 8.76. The minimum atomic E-state index is -7.79. The van der Waals surface area contributed by atoms with Gasteiger partial charge < -0.3 is 0 Å². The monoisotopic (exact) mass is 358 g/mol. The molecule has 0 saturated carbocycles. The molecular formula is C12H10F6N2P2. The zero-order valence-corrected chi connectivity index (χ0v) is 12.6. The summed E-state index contributed by atoms with van der Waals surface area (Å²) in [4.78, 5) is 0. The van der Waals surface area contributed by atoms with Gasteiger partial charge in [-0.1, -0.05) is 0 Å². The summed E-state index contributed by atoms with van der Waals surface area (Å²) >= 11 is 0. The molecule has 0 bridgehead atoms. The summed E-state index contributed by atoms with van der Waals surface area (Å²) in [6.45, 7) is 0. The van der Waals surface area contributed by atoms with E-state index in [1.807, 2.05) is 0 Å². The molecule has 0 amide bonds. The molecular weight excluding hydrogens is 348 g/mol. The zero-order chi connectivity index (χ0) is 16.3. The Morgan fingerprint density at radius 2 is 0.773 bits per heavy atom. The molecule has 0 atom stereocenters. The molecule has 1 fully saturated rings. The van der Waals surface area contributed by atoms with Gasteiger partial charge in [0.05, 0.1) is 0 Å². The third-order valence-corrected chi connectivity index (χ3v) is 9.89. The van der Waals surface area contributed by atoms with Crippen LogP contribution in [-0.2, 0) is 0 Å². The van der Waals surface area contributed by atoms with Gasteiger partial charge >= 0.3 is 122 Å². The summed E-state index contributed by atoms with van der Waals surface area (Å²) < 4.78 is 83.3. The van der Waals surface area contributed by atoms with Gasteiger partial charge in [-0.25, -0.2) is 0 Å². The van der Waals surface area contributed by atoms with E-state index in [0.717, 1.165) is 48.5 Å². The summed E-state index contributed by atoms with van der Waals surface area (Å²) in [7, 11) is -15.6. The van der Waals surface area contributed by atoms with Crippen molar-refractivity contribution >= 4 is 27.0 Å². The Hall–Kier alpha value is -1.52. The summed E-state index contributed by atoms with van der Waals surface area (Å²) in [6, 6.07) is 10.6. The van der Waals surface area contributed by atoms with E-state index in [2.05, 4.69) is 0 Å². The van der Waals surface area contributed by atoms with E-state index in [4.69, 9.17) is 0 Å². The SMILES string of the molecule is FP1(F)(F)N(c2ccccc2)P(F)(F)(F)N1c1ccccc1. The van der Waals surface area contributed by atoms with Gasteiger partial charge in [0.25, 0.3) is 0 Å². The van der Waals surface area contributed by atoms with Crippen LogP contribution in [0.5, 0.6) is 0 Å². The van der Waals surface area contributed by atoms with Crippen LogP contribution < -0.4 is 8.88 Å². The van der Waals surface area contributed by atoms with Crippen molar-refractivity contribution in [3.8, 4) is 0 Å². The van der Waals surface area contributed by atoms with Crippen LogP contribution in [0.1, 0.15) is 0 Å². The molecule has 2 nitrogen and oxygen atoms in total. The summed E-state index contributed by atoms with van der Waals surface area (Å²) in [6.07, 6.45) is 0. The average molecular weight is 358 g/mol. The second kappa shape index (κ2) is 4.06. The first-order valence-corrected chi connectivity index (χ1v) is 9.71. The molecule has 1 aliphatic rings. The maximum absolute atomic E-state index is 14.3. The molecule has 1 heterocycles. The average Bonchev–Trinajstić information content (AvgIpc) is 2.37. The van der Waals surface area contributed by atoms with Crippen LogP contribution in [-0.4, -0.2) is 0 Å². The normalized spacial score (nSPS) is 27.5. The van der Waals surface area contributed by atoms with Crippen LogP contribution in [0.3, 0.4) is 0 Å². The Kier molecular flexibility index (Phi) is 2.84. The van der Waals surface area contributed by atoms with Gasteiger partial charge in [-0.2, -0.15) is 0 Å². The molecule has 0 aromatic heterocycles. The van der Waals surface area contributed by atoms with Gasteiger partial charge in [0.2, 0.25) is 0 Å². The maximum atomic E-state index is 14.3. The molecule has 10 heteroatoms. The van der Waals surface area contributed by atoms with Crippen LogP contribution in [0.25, 0.3) is 0 Å². The molecule has 22 heavy (non-hydrogen) atoms. The van der Waals surface area contributed by atoms with E-state index in [0.29, 0.717) is 0 Å². The number of halogens is 6. The Labute approximate surface area is 122 Å². The molecule has 1 aliphatic heterocycles. The first-order valence-electron chi connectivity index (χ1n) is 6.08. The number of anilines is 2. The van der Waals surface area contributed by atoms with E-state index in [-0.39, 0.29) is 0 Å². The Bertz CT molecular complexity index is 631. The van der Waals surface area contributed by atoms with Crippen molar-refractivity contribution in [3.05, 3.63) is 60.7 Å². The predicted octanol–water partition coefficient (Wildman–Crippen LogP) is 7.09. The topological polar surface area (TPSA) is 6.48 Å². The molecule has 1 saturated heterocycles. The van der Waals surface area contributed by atoms with Crippen molar-refractivity contribution in [1.29, 1.82) is 0 Å². The summed E-state index contributed by atoms with van der Waals surface area (Å²) in [5.41, 5.74) is -1.77. The molecule has 2 aromatic rings.